The van der Waals surface area contributed by atoms with E-state index < -0.39 is 0 Å². The molecule has 0 saturated carbocycles. The monoisotopic (exact) mass is 337 g/mol. The summed E-state index contributed by atoms with van der Waals surface area (Å²) in [6, 6.07) is 18.5. The van der Waals surface area contributed by atoms with Gasteiger partial charge in [0, 0.05) is 28.3 Å². The number of carbonyl (C=O) groups excluding carboxylic acids is 1. The predicted molar refractivity (Wildman–Crippen MR) is 98.1 cm³/mol. The maximum Gasteiger partial charge on any atom is 0.274 e. The van der Waals surface area contributed by atoms with E-state index >= 15 is 0 Å². The van der Waals surface area contributed by atoms with E-state index in [9.17, 15) is 4.79 Å². The first kappa shape index (κ1) is 16.0. The molecule has 1 amide bonds. The summed E-state index contributed by atoms with van der Waals surface area (Å²) >= 11 is 5.88. The number of benzene rings is 2. The van der Waals surface area contributed by atoms with Crippen molar-refractivity contribution in [2.45, 2.75) is 6.92 Å². The largest absolute Gasteiger partial charge is 0.355 e. The smallest absolute Gasteiger partial charge is 0.274 e. The molecule has 0 aliphatic heterocycles. The molecule has 1 heterocycles. The van der Waals surface area contributed by atoms with Crippen LogP contribution in [0.2, 0.25) is 5.02 Å². The second kappa shape index (κ2) is 7.15. The molecule has 0 unspecified atom stereocenters. The van der Waals surface area contributed by atoms with Gasteiger partial charge in [-0.05, 0) is 55.5 Å². The number of hydrogen-bond acceptors (Lipinski definition) is 3. The summed E-state index contributed by atoms with van der Waals surface area (Å²) in [6.45, 7) is 2.00. The summed E-state index contributed by atoms with van der Waals surface area (Å²) in [7, 11) is 0. The van der Waals surface area contributed by atoms with Crippen molar-refractivity contribution in [3.8, 4) is 0 Å². The Kier molecular flexibility index (Phi) is 4.77. The second-order valence-electron chi connectivity index (χ2n) is 5.38. The highest BCUT2D eigenvalue weighted by Crippen LogP contribution is 2.19. The van der Waals surface area contributed by atoms with Gasteiger partial charge in [0.05, 0.1) is 0 Å². The molecule has 0 aliphatic rings. The van der Waals surface area contributed by atoms with Crippen molar-refractivity contribution < 1.29 is 4.79 Å². The number of hydrogen-bond donors (Lipinski definition) is 2. The van der Waals surface area contributed by atoms with Crippen LogP contribution in [0.1, 0.15) is 16.1 Å². The van der Waals surface area contributed by atoms with Crippen LogP contribution in [0.25, 0.3) is 0 Å². The standard InChI is InChI=1S/C19H16ClN3O/c1-13-2-6-16(7-3-13)23-19(24)18-12-17(10-11-21-18)22-15-8-4-14(20)5-9-15/h2-12H,1H3,(H,21,22)(H,23,24). The van der Waals surface area contributed by atoms with Gasteiger partial charge in [0.15, 0.2) is 0 Å². The molecule has 0 bridgehead atoms. The molecule has 0 fully saturated rings. The topological polar surface area (TPSA) is 54.0 Å². The van der Waals surface area contributed by atoms with Gasteiger partial charge in [-0.3, -0.25) is 9.78 Å². The van der Waals surface area contributed by atoms with Crippen molar-refractivity contribution in [3.05, 3.63) is 83.1 Å². The van der Waals surface area contributed by atoms with Gasteiger partial charge in [0.1, 0.15) is 5.69 Å². The lowest BCUT2D eigenvalue weighted by molar-refractivity contribution is 0.102. The van der Waals surface area contributed by atoms with Crippen LogP contribution in [-0.2, 0) is 0 Å². The summed E-state index contributed by atoms with van der Waals surface area (Å²) in [5, 5.41) is 6.73. The van der Waals surface area contributed by atoms with Crippen LogP contribution < -0.4 is 10.6 Å². The minimum atomic E-state index is -0.251. The molecule has 0 saturated heterocycles. The third kappa shape index (κ3) is 4.12. The van der Waals surface area contributed by atoms with E-state index in [1.165, 1.54) is 0 Å². The number of anilines is 3. The van der Waals surface area contributed by atoms with Crippen molar-refractivity contribution in [1.29, 1.82) is 0 Å². The van der Waals surface area contributed by atoms with Gasteiger partial charge in [-0.1, -0.05) is 29.3 Å². The number of halogens is 1. The number of rotatable bonds is 4. The molecule has 4 nitrogen and oxygen atoms in total. The van der Waals surface area contributed by atoms with Gasteiger partial charge >= 0.3 is 0 Å². The first-order valence-electron chi connectivity index (χ1n) is 7.47. The van der Waals surface area contributed by atoms with Crippen molar-refractivity contribution in [3.63, 3.8) is 0 Å². The van der Waals surface area contributed by atoms with Crippen LogP contribution >= 0.6 is 11.6 Å². The maximum absolute atomic E-state index is 12.3. The van der Waals surface area contributed by atoms with Gasteiger partial charge in [-0.2, -0.15) is 0 Å². The molecule has 5 heteroatoms. The molecule has 0 radical (unpaired) electrons. The Balaban J connectivity index is 1.73. The molecule has 0 atom stereocenters. The van der Waals surface area contributed by atoms with Gasteiger partial charge in [0.25, 0.3) is 5.91 Å². The van der Waals surface area contributed by atoms with E-state index in [0.29, 0.717) is 10.7 Å². The Morgan fingerprint density at radius 2 is 1.58 bits per heavy atom. The van der Waals surface area contributed by atoms with Crippen LogP contribution in [0.15, 0.2) is 66.9 Å². The van der Waals surface area contributed by atoms with Crippen LogP contribution in [0, 0.1) is 6.92 Å². The highest BCUT2D eigenvalue weighted by Gasteiger charge is 2.08. The van der Waals surface area contributed by atoms with Crippen LogP contribution in [0.3, 0.4) is 0 Å². The summed E-state index contributed by atoms with van der Waals surface area (Å²) in [6.07, 6.45) is 1.60. The maximum atomic E-state index is 12.3. The zero-order valence-electron chi connectivity index (χ0n) is 13.1. The van der Waals surface area contributed by atoms with E-state index in [4.69, 9.17) is 11.6 Å². The lowest BCUT2D eigenvalue weighted by Crippen LogP contribution is -2.13. The minimum Gasteiger partial charge on any atom is -0.355 e. The minimum absolute atomic E-state index is 0.251. The Hall–Kier alpha value is -2.85. The van der Waals surface area contributed by atoms with Crippen molar-refractivity contribution in [1.82, 2.24) is 4.98 Å². The fourth-order valence-corrected chi connectivity index (χ4v) is 2.29. The Bertz CT molecular complexity index is 845. The first-order chi connectivity index (χ1) is 11.6. The Morgan fingerprint density at radius 3 is 2.29 bits per heavy atom. The number of nitrogens with one attached hydrogen (secondary N) is 2. The van der Waals surface area contributed by atoms with E-state index in [0.717, 1.165) is 22.6 Å². The first-order valence-corrected chi connectivity index (χ1v) is 7.84. The average Bonchev–Trinajstić information content (AvgIpc) is 2.59. The number of nitrogens with zero attached hydrogens (tertiary/aromatic N) is 1. The number of aromatic nitrogens is 1. The Labute approximate surface area is 145 Å². The quantitative estimate of drug-likeness (QED) is 0.701. The van der Waals surface area contributed by atoms with Gasteiger partial charge in [0.2, 0.25) is 0 Å². The fourth-order valence-electron chi connectivity index (χ4n) is 2.16. The fraction of sp³-hybridized carbons (Fsp3) is 0.0526. The lowest BCUT2D eigenvalue weighted by Gasteiger charge is -2.09. The van der Waals surface area contributed by atoms with Crippen molar-refractivity contribution >= 4 is 34.6 Å². The molecule has 3 rings (SSSR count). The van der Waals surface area contributed by atoms with E-state index in [-0.39, 0.29) is 5.91 Å². The molecule has 120 valence electrons. The molecule has 1 aromatic heterocycles. The van der Waals surface area contributed by atoms with Crippen LogP contribution in [-0.4, -0.2) is 10.9 Å². The molecule has 2 aromatic carbocycles. The van der Waals surface area contributed by atoms with Gasteiger partial charge in [-0.15, -0.1) is 0 Å². The zero-order valence-corrected chi connectivity index (χ0v) is 13.8. The molecule has 0 aliphatic carbocycles. The molecule has 24 heavy (non-hydrogen) atoms. The highest BCUT2D eigenvalue weighted by atomic mass is 35.5. The van der Waals surface area contributed by atoms with Crippen molar-refractivity contribution in [2.75, 3.05) is 10.6 Å². The number of aryl methyl sites for hydroxylation is 1. The van der Waals surface area contributed by atoms with E-state index in [1.807, 2.05) is 43.3 Å². The molecule has 3 aromatic rings. The van der Waals surface area contributed by atoms with Crippen molar-refractivity contribution in [2.24, 2.45) is 0 Å². The lowest BCUT2D eigenvalue weighted by atomic mass is 10.2. The number of pyridine rings is 1. The summed E-state index contributed by atoms with van der Waals surface area (Å²) < 4.78 is 0. The van der Waals surface area contributed by atoms with E-state index in [2.05, 4.69) is 15.6 Å². The number of carbonyl (C=O) groups is 1. The number of amides is 1. The third-order valence-corrected chi connectivity index (χ3v) is 3.69. The molecule has 0 spiro atoms. The molecular weight excluding hydrogens is 322 g/mol. The highest BCUT2D eigenvalue weighted by molar-refractivity contribution is 6.30. The van der Waals surface area contributed by atoms with E-state index in [1.54, 1.807) is 30.5 Å². The molecule has 2 N–H and O–H groups in total. The third-order valence-electron chi connectivity index (χ3n) is 3.43. The second-order valence-corrected chi connectivity index (χ2v) is 5.82. The van der Waals surface area contributed by atoms with Crippen LogP contribution in [0.4, 0.5) is 17.1 Å². The van der Waals surface area contributed by atoms with Gasteiger partial charge < -0.3 is 10.6 Å². The summed E-state index contributed by atoms with van der Waals surface area (Å²) in [4.78, 5) is 16.5. The average molecular weight is 338 g/mol. The Morgan fingerprint density at radius 1 is 0.917 bits per heavy atom. The SMILES string of the molecule is Cc1ccc(NC(=O)c2cc(Nc3ccc(Cl)cc3)ccn2)cc1. The van der Waals surface area contributed by atoms with Crippen LogP contribution in [0.5, 0.6) is 0 Å². The van der Waals surface area contributed by atoms with Gasteiger partial charge in [-0.25, -0.2) is 0 Å². The molecular formula is C19H16ClN3O. The predicted octanol–water partition coefficient (Wildman–Crippen LogP) is 5.04. The normalized spacial score (nSPS) is 10.2. The summed E-state index contributed by atoms with van der Waals surface area (Å²) in [5.41, 5.74) is 3.88. The summed E-state index contributed by atoms with van der Waals surface area (Å²) in [5.74, 6) is -0.251. The zero-order chi connectivity index (χ0) is 16.9.